The number of sulfonamides is 1. The summed E-state index contributed by atoms with van der Waals surface area (Å²) >= 11 is 5.92. The molecule has 0 aliphatic carbocycles. The van der Waals surface area contributed by atoms with E-state index in [4.69, 9.17) is 25.8 Å². The van der Waals surface area contributed by atoms with Crippen molar-refractivity contribution in [2.24, 2.45) is 0 Å². The number of methoxy groups -OCH3 is 2. The summed E-state index contributed by atoms with van der Waals surface area (Å²) in [5.41, 5.74) is 1.43. The molecular weight excluding hydrogens is 516 g/mol. The Hall–Kier alpha value is -3.43. The zero-order valence-electron chi connectivity index (χ0n) is 21.1. The normalized spacial score (nSPS) is 11.0. The van der Waals surface area contributed by atoms with E-state index >= 15 is 0 Å². The fraction of sp³-hybridized carbons (Fsp3) is 0.296. The van der Waals surface area contributed by atoms with Gasteiger partial charge in [-0.3, -0.25) is 9.10 Å². The topological polar surface area (TPSA) is 94.2 Å². The van der Waals surface area contributed by atoms with E-state index in [0.717, 1.165) is 16.3 Å². The van der Waals surface area contributed by atoms with Crippen LogP contribution in [0.5, 0.6) is 17.2 Å². The number of anilines is 1. The smallest absolute Gasteiger partial charge is 0.264 e. The predicted octanol–water partition coefficient (Wildman–Crippen LogP) is 4.70. The molecule has 0 aliphatic rings. The van der Waals surface area contributed by atoms with E-state index in [-0.39, 0.29) is 10.6 Å². The van der Waals surface area contributed by atoms with Gasteiger partial charge in [-0.25, -0.2) is 8.42 Å². The van der Waals surface area contributed by atoms with Gasteiger partial charge >= 0.3 is 0 Å². The highest BCUT2D eigenvalue weighted by atomic mass is 35.5. The van der Waals surface area contributed by atoms with Crippen LogP contribution in [0.1, 0.15) is 18.9 Å². The molecule has 0 aromatic heterocycles. The van der Waals surface area contributed by atoms with Crippen molar-refractivity contribution < 1.29 is 27.4 Å². The molecule has 3 aromatic rings. The van der Waals surface area contributed by atoms with Crippen molar-refractivity contribution in [3.8, 4) is 17.2 Å². The minimum atomic E-state index is -4.13. The van der Waals surface area contributed by atoms with Crippen molar-refractivity contribution in [3.63, 3.8) is 0 Å². The molecule has 8 nitrogen and oxygen atoms in total. The van der Waals surface area contributed by atoms with Gasteiger partial charge in [0, 0.05) is 17.6 Å². The molecular formula is C27H31ClN2O6S. The lowest BCUT2D eigenvalue weighted by Gasteiger charge is -2.24. The number of benzene rings is 3. The molecule has 1 N–H and O–H groups in total. The van der Waals surface area contributed by atoms with Crippen LogP contribution in [-0.4, -0.2) is 48.2 Å². The molecule has 3 rings (SSSR count). The second kappa shape index (κ2) is 13.2. The van der Waals surface area contributed by atoms with E-state index in [0.29, 0.717) is 41.8 Å². The highest BCUT2D eigenvalue weighted by Crippen LogP contribution is 2.32. The number of ether oxygens (including phenoxy) is 3. The first-order chi connectivity index (χ1) is 17.8. The summed E-state index contributed by atoms with van der Waals surface area (Å²) in [6.07, 6.45) is 1.45. The van der Waals surface area contributed by atoms with Crippen LogP contribution in [0, 0.1) is 0 Å². The number of halogens is 1. The van der Waals surface area contributed by atoms with Crippen molar-refractivity contribution in [2.75, 3.05) is 38.2 Å². The van der Waals surface area contributed by atoms with Crippen LogP contribution in [0.15, 0.2) is 71.6 Å². The molecule has 0 unspecified atom stereocenters. The van der Waals surface area contributed by atoms with Crippen LogP contribution in [0.3, 0.4) is 0 Å². The van der Waals surface area contributed by atoms with Gasteiger partial charge < -0.3 is 19.5 Å². The molecule has 0 radical (unpaired) electrons. The van der Waals surface area contributed by atoms with Crippen LogP contribution in [0.2, 0.25) is 5.02 Å². The van der Waals surface area contributed by atoms with Crippen LogP contribution in [-0.2, 0) is 21.2 Å². The number of nitrogens with zero attached hydrogens (tertiary/aromatic N) is 1. The third kappa shape index (κ3) is 7.53. The first-order valence-corrected chi connectivity index (χ1v) is 13.6. The monoisotopic (exact) mass is 546 g/mol. The summed E-state index contributed by atoms with van der Waals surface area (Å²) in [7, 11) is -1.23. The molecule has 0 atom stereocenters. The summed E-state index contributed by atoms with van der Waals surface area (Å²) in [5, 5.41) is 3.49. The third-order valence-corrected chi connectivity index (χ3v) is 7.57. The summed E-state index contributed by atoms with van der Waals surface area (Å²) in [4.78, 5) is 12.8. The molecule has 37 heavy (non-hydrogen) atoms. The zero-order chi connectivity index (χ0) is 26.8. The van der Waals surface area contributed by atoms with Gasteiger partial charge in [-0.1, -0.05) is 23.7 Å². The van der Waals surface area contributed by atoms with Gasteiger partial charge in [-0.05, 0) is 73.9 Å². The van der Waals surface area contributed by atoms with Crippen molar-refractivity contribution in [1.82, 2.24) is 5.32 Å². The van der Waals surface area contributed by atoms with Crippen molar-refractivity contribution in [3.05, 3.63) is 77.3 Å². The zero-order valence-corrected chi connectivity index (χ0v) is 22.6. The molecule has 3 aromatic carbocycles. The molecule has 198 valence electrons. The summed E-state index contributed by atoms with van der Waals surface area (Å²) in [6.45, 7) is 2.34. The van der Waals surface area contributed by atoms with Gasteiger partial charge in [0.2, 0.25) is 5.91 Å². The maximum absolute atomic E-state index is 13.7. The van der Waals surface area contributed by atoms with Gasteiger partial charge in [0.05, 0.1) is 31.4 Å². The van der Waals surface area contributed by atoms with Gasteiger partial charge in [-0.15, -0.1) is 0 Å². The Bertz CT molecular complexity index is 1280. The second-order valence-corrected chi connectivity index (χ2v) is 10.3. The molecule has 1 amide bonds. The van der Waals surface area contributed by atoms with Gasteiger partial charge in [0.25, 0.3) is 10.0 Å². The van der Waals surface area contributed by atoms with E-state index < -0.39 is 22.5 Å². The van der Waals surface area contributed by atoms with Crippen LogP contribution in [0.4, 0.5) is 5.69 Å². The molecule has 0 fully saturated rings. The van der Waals surface area contributed by atoms with Gasteiger partial charge in [-0.2, -0.15) is 0 Å². The lowest BCUT2D eigenvalue weighted by molar-refractivity contribution is -0.119. The van der Waals surface area contributed by atoms with Gasteiger partial charge in [0.15, 0.2) is 11.5 Å². The largest absolute Gasteiger partial charge is 0.494 e. The predicted molar refractivity (Wildman–Crippen MR) is 144 cm³/mol. The fourth-order valence-corrected chi connectivity index (χ4v) is 5.22. The highest BCUT2D eigenvalue weighted by Gasteiger charge is 2.28. The quantitative estimate of drug-likeness (QED) is 0.312. The number of hydrogen-bond acceptors (Lipinski definition) is 6. The van der Waals surface area contributed by atoms with Crippen LogP contribution in [0.25, 0.3) is 0 Å². The third-order valence-electron chi connectivity index (χ3n) is 5.54. The Balaban J connectivity index is 1.79. The maximum atomic E-state index is 13.7. The van der Waals surface area contributed by atoms with E-state index in [2.05, 4.69) is 5.32 Å². The molecule has 0 heterocycles. The van der Waals surface area contributed by atoms with E-state index in [1.54, 1.807) is 24.3 Å². The number of aryl methyl sites for hydroxylation is 1. The standard InChI is InChI=1S/C27H31ClN2O6S/c1-4-36-23-13-11-22(12-14-23)30(37(32,33)24-15-16-25(34-2)26(18-24)35-3)19-27(31)29-17-5-6-20-7-9-21(28)10-8-20/h7-16,18H,4-6,17,19H2,1-3H3,(H,29,31). The summed E-state index contributed by atoms with van der Waals surface area (Å²) < 4.78 is 44.4. The van der Waals surface area contributed by atoms with Crippen LogP contribution < -0.4 is 23.8 Å². The molecule has 0 spiro atoms. The molecule has 0 aliphatic heterocycles. The Morgan fingerprint density at radius 2 is 1.62 bits per heavy atom. The van der Waals surface area contributed by atoms with Crippen molar-refractivity contribution >= 4 is 33.2 Å². The number of rotatable bonds is 13. The van der Waals surface area contributed by atoms with Crippen LogP contribution >= 0.6 is 11.6 Å². The maximum Gasteiger partial charge on any atom is 0.264 e. The molecule has 0 saturated carbocycles. The number of carbonyl (C=O) groups is 1. The molecule has 10 heteroatoms. The number of amides is 1. The lowest BCUT2D eigenvalue weighted by Crippen LogP contribution is -2.41. The number of hydrogen-bond donors (Lipinski definition) is 1. The Labute approximate surface area is 223 Å². The van der Waals surface area contributed by atoms with E-state index in [9.17, 15) is 13.2 Å². The minimum absolute atomic E-state index is 0.0328. The van der Waals surface area contributed by atoms with Crippen molar-refractivity contribution in [2.45, 2.75) is 24.7 Å². The summed E-state index contributed by atoms with van der Waals surface area (Å²) in [5.74, 6) is 0.838. The van der Waals surface area contributed by atoms with E-state index in [1.165, 1.54) is 32.4 Å². The van der Waals surface area contributed by atoms with Gasteiger partial charge in [0.1, 0.15) is 12.3 Å². The summed E-state index contributed by atoms with van der Waals surface area (Å²) in [6, 6.07) is 18.4. The van der Waals surface area contributed by atoms with E-state index in [1.807, 2.05) is 31.2 Å². The average Bonchev–Trinajstić information content (AvgIpc) is 2.91. The average molecular weight is 547 g/mol. The highest BCUT2D eigenvalue weighted by molar-refractivity contribution is 7.92. The fourth-order valence-electron chi connectivity index (χ4n) is 3.65. The number of nitrogens with one attached hydrogen (secondary N) is 1. The Morgan fingerprint density at radius 3 is 2.24 bits per heavy atom. The SMILES string of the molecule is CCOc1ccc(N(CC(=O)NCCCc2ccc(Cl)cc2)S(=O)(=O)c2ccc(OC)c(OC)c2)cc1. The first-order valence-electron chi connectivity index (χ1n) is 11.8. The lowest BCUT2D eigenvalue weighted by atomic mass is 10.1. The minimum Gasteiger partial charge on any atom is -0.494 e. The first kappa shape index (κ1) is 28.1. The van der Waals surface area contributed by atoms with Crippen molar-refractivity contribution in [1.29, 1.82) is 0 Å². The Kier molecular flexibility index (Phi) is 10.0. The molecule has 0 bridgehead atoms. The second-order valence-electron chi connectivity index (χ2n) is 8.04. The molecule has 0 saturated heterocycles. The number of carbonyl (C=O) groups excluding carboxylic acids is 1. The Morgan fingerprint density at radius 1 is 0.946 bits per heavy atom.